The molecule has 1 fully saturated rings. The van der Waals surface area contributed by atoms with Crippen LogP contribution in [0.15, 0.2) is 4.52 Å². The van der Waals surface area contributed by atoms with Crippen LogP contribution in [0.1, 0.15) is 45.3 Å². The topological polar surface area (TPSA) is 60.2 Å². The lowest BCUT2D eigenvalue weighted by Crippen LogP contribution is -2.43. The maximum atomic E-state index is 5.52. The highest BCUT2D eigenvalue weighted by molar-refractivity contribution is 5.10. The molecule has 0 radical (unpaired) electrons. The fraction of sp³-hybridized carbons (Fsp3) is 0.846. The molecule has 0 unspecified atom stereocenters. The Morgan fingerprint density at radius 3 is 2.50 bits per heavy atom. The van der Waals surface area contributed by atoms with Gasteiger partial charge >= 0.3 is 0 Å². The molecule has 0 saturated carbocycles. The average molecular weight is 253 g/mol. The molecule has 0 bridgehead atoms. The molecule has 1 aliphatic heterocycles. The molecule has 1 aromatic heterocycles. The summed E-state index contributed by atoms with van der Waals surface area (Å²) in [5, 5.41) is 7.49. The Morgan fingerprint density at radius 2 is 2.00 bits per heavy atom. The molecule has 102 valence electrons. The second kappa shape index (κ2) is 4.97. The van der Waals surface area contributed by atoms with E-state index in [1.807, 2.05) is 0 Å². The SMILES string of the molecule is COCC1(c2nc(C(C)(C)C)no2)CCNCC1. The Labute approximate surface area is 108 Å². The fourth-order valence-electron chi connectivity index (χ4n) is 2.35. The third-order valence-corrected chi connectivity index (χ3v) is 3.53. The molecule has 0 aliphatic carbocycles. The Hall–Kier alpha value is -0.940. The van der Waals surface area contributed by atoms with E-state index < -0.39 is 0 Å². The van der Waals surface area contributed by atoms with Crippen molar-refractivity contribution in [1.82, 2.24) is 15.5 Å². The van der Waals surface area contributed by atoms with E-state index in [1.165, 1.54) is 0 Å². The molecule has 18 heavy (non-hydrogen) atoms. The zero-order chi connectivity index (χ0) is 13.2. The van der Waals surface area contributed by atoms with E-state index in [2.05, 4.69) is 36.2 Å². The third kappa shape index (κ3) is 2.57. The average Bonchev–Trinajstić information content (AvgIpc) is 2.80. The van der Waals surface area contributed by atoms with Crippen molar-refractivity contribution in [2.45, 2.75) is 44.4 Å². The summed E-state index contributed by atoms with van der Waals surface area (Å²) in [6, 6.07) is 0. The van der Waals surface area contributed by atoms with Gasteiger partial charge in [0.1, 0.15) is 0 Å². The molecule has 5 nitrogen and oxygen atoms in total. The first kappa shape index (κ1) is 13.5. The molecule has 2 rings (SSSR count). The van der Waals surface area contributed by atoms with Crippen LogP contribution in [0.3, 0.4) is 0 Å². The minimum Gasteiger partial charge on any atom is -0.384 e. The summed E-state index contributed by atoms with van der Waals surface area (Å²) in [5.41, 5.74) is -0.195. The van der Waals surface area contributed by atoms with Crippen molar-refractivity contribution < 1.29 is 9.26 Å². The van der Waals surface area contributed by atoms with E-state index in [0.29, 0.717) is 6.61 Å². The van der Waals surface area contributed by atoms with Crippen LogP contribution in [-0.2, 0) is 15.6 Å². The Balaban J connectivity index is 2.28. The monoisotopic (exact) mass is 253 g/mol. The molecule has 1 saturated heterocycles. The lowest BCUT2D eigenvalue weighted by atomic mass is 9.79. The first-order valence-corrected chi connectivity index (χ1v) is 6.52. The molecule has 5 heteroatoms. The molecule has 1 N–H and O–H groups in total. The van der Waals surface area contributed by atoms with Gasteiger partial charge in [-0.05, 0) is 25.9 Å². The highest BCUT2D eigenvalue weighted by atomic mass is 16.5. The van der Waals surface area contributed by atoms with Gasteiger partial charge in [-0.1, -0.05) is 25.9 Å². The number of nitrogens with one attached hydrogen (secondary N) is 1. The molecule has 0 spiro atoms. The molecule has 0 atom stereocenters. The van der Waals surface area contributed by atoms with Crippen molar-refractivity contribution in [2.75, 3.05) is 26.8 Å². The first-order chi connectivity index (χ1) is 8.48. The van der Waals surface area contributed by atoms with Gasteiger partial charge in [0.2, 0.25) is 5.89 Å². The van der Waals surface area contributed by atoms with Crippen LogP contribution in [0.5, 0.6) is 0 Å². The van der Waals surface area contributed by atoms with Gasteiger partial charge in [-0.15, -0.1) is 0 Å². The standard InChI is InChI=1S/C13H23N3O2/c1-12(2,3)10-15-11(18-16-10)13(9-17-4)5-7-14-8-6-13/h14H,5-9H2,1-4H3. The smallest absolute Gasteiger partial charge is 0.235 e. The summed E-state index contributed by atoms with van der Waals surface area (Å²) in [5.74, 6) is 1.50. The second-order valence-corrected chi connectivity index (χ2v) is 6.14. The van der Waals surface area contributed by atoms with Gasteiger partial charge in [0.05, 0.1) is 12.0 Å². The minimum atomic E-state index is -0.115. The number of hydrogen-bond acceptors (Lipinski definition) is 5. The number of nitrogens with zero attached hydrogens (tertiary/aromatic N) is 2. The van der Waals surface area contributed by atoms with Crippen molar-refractivity contribution >= 4 is 0 Å². The second-order valence-electron chi connectivity index (χ2n) is 6.14. The molecule has 1 aliphatic rings. The lowest BCUT2D eigenvalue weighted by molar-refractivity contribution is 0.0849. The molecular formula is C13H23N3O2. The van der Waals surface area contributed by atoms with Crippen molar-refractivity contribution in [2.24, 2.45) is 0 Å². The van der Waals surface area contributed by atoms with E-state index in [1.54, 1.807) is 7.11 Å². The van der Waals surface area contributed by atoms with Gasteiger partial charge in [-0.2, -0.15) is 4.98 Å². The molecule has 0 amide bonds. The number of piperidine rings is 1. The van der Waals surface area contributed by atoms with E-state index >= 15 is 0 Å². The summed E-state index contributed by atoms with van der Waals surface area (Å²) in [4.78, 5) is 4.61. The first-order valence-electron chi connectivity index (χ1n) is 6.52. The fourth-order valence-corrected chi connectivity index (χ4v) is 2.35. The van der Waals surface area contributed by atoms with Crippen LogP contribution in [0.25, 0.3) is 0 Å². The summed E-state index contributed by atoms with van der Waals surface area (Å²) in [7, 11) is 1.73. The minimum absolute atomic E-state index is 0.0804. The zero-order valence-electron chi connectivity index (χ0n) is 11.7. The van der Waals surface area contributed by atoms with Crippen molar-refractivity contribution in [3.8, 4) is 0 Å². The predicted molar refractivity (Wildman–Crippen MR) is 68.7 cm³/mol. The number of rotatable bonds is 3. The number of methoxy groups -OCH3 is 1. The third-order valence-electron chi connectivity index (χ3n) is 3.53. The van der Waals surface area contributed by atoms with Gasteiger partial charge in [-0.25, -0.2) is 0 Å². The van der Waals surface area contributed by atoms with Crippen LogP contribution in [0.2, 0.25) is 0 Å². The predicted octanol–water partition coefficient (Wildman–Crippen LogP) is 1.63. The van der Waals surface area contributed by atoms with E-state index in [0.717, 1.165) is 37.6 Å². The summed E-state index contributed by atoms with van der Waals surface area (Å²) in [6.45, 7) is 8.85. The molecule has 1 aromatic rings. The highest BCUT2D eigenvalue weighted by Crippen LogP contribution is 2.33. The normalized spacial score (nSPS) is 20.0. The lowest BCUT2D eigenvalue weighted by Gasteiger charge is -2.33. The van der Waals surface area contributed by atoms with Gasteiger partial charge in [0, 0.05) is 12.5 Å². The van der Waals surface area contributed by atoms with E-state index in [-0.39, 0.29) is 10.8 Å². The molecule has 2 heterocycles. The quantitative estimate of drug-likeness (QED) is 0.887. The Kier molecular flexibility index (Phi) is 3.73. The number of aromatic nitrogens is 2. The van der Waals surface area contributed by atoms with Crippen molar-refractivity contribution in [3.05, 3.63) is 11.7 Å². The Morgan fingerprint density at radius 1 is 1.33 bits per heavy atom. The summed E-state index contributed by atoms with van der Waals surface area (Å²) in [6.07, 6.45) is 1.96. The molecular weight excluding hydrogens is 230 g/mol. The summed E-state index contributed by atoms with van der Waals surface area (Å²) < 4.78 is 10.9. The van der Waals surface area contributed by atoms with Crippen LogP contribution >= 0.6 is 0 Å². The van der Waals surface area contributed by atoms with Crippen molar-refractivity contribution in [3.63, 3.8) is 0 Å². The van der Waals surface area contributed by atoms with E-state index in [9.17, 15) is 0 Å². The van der Waals surface area contributed by atoms with Gasteiger partial charge in [0.15, 0.2) is 5.82 Å². The zero-order valence-corrected chi connectivity index (χ0v) is 11.7. The van der Waals surface area contributed by atoms with Crippen LogP contribution in [0, 0.1) is 0 Å². The van der Waals surface area contributed by atoms with Crippen LogP contribution in [-0.4, -0.2) is 36.9 Å². The maximum absolute atomic E-state index is 5.52. The molecule has 0 aromatic carbocycles. The van der Waals surface area contributed by atoms with Gasteiger partial charge in [-0.3, -0.25) is 0 Å². The largest absolute Gasteiger partial charge is 0.384 e. The maximum Gasteiger partial charge on any atom is 0.235 e. The van der Waals surface area contributed by atoms with Crippen molar-refractivity contribution in [1.29, 1.82) is 0 Å². The van der Waals surface area contributed by atoms with Gasteiger partial charge in [0.25, 0.3) is 0 Å². The van der Waals surface area contributed by atoms with Crippen LogP contribution in [0.4, 0.5) is 0 Å². The highest BCUT2D eigenvalue weighted by Gasteiger charge is 2.40. The number of ether oxygens (including phenoxy) is 1. The summed E-state index contributed by atoms with van der Waals surface area (Å²) >= 11 is 0. The van der Waals surface area contributed by atoms with E-state index in [4.69, 9.17) is 9.26 Å². The van der Waals surface area contributed by atoms with Gasteiger partial charge < -0.3 is 14.6 Å². The number of hydrogen-bond donors (Lipinski definition) is 1. The Bertz CT molecular complexity index is 384. The van der Waals surface area contributed by atoms with Crippen LogP contribution < -0.4 is 5.32 Å².